The van der Waals surface area contributed by atoms with Crippen molar-refractivity contribution in [2.75, 3.05) is 7.11 Å². The Hall–Kier alpha value is -2.61. The number of carbonyl (C=O) groups excluding carboxylic acids is 1. The van der Waals surface area contributed by atoms with Crippen molar-refractivity contribution in [1.29, 1.82) is 0 Å². The molecule has 1 heterocycles. The number of hydrogen-bond acceptors (Lipinski definition) is 4. The van der Waals surface area contributed by atoms with Gasteiger partial charge in [0, 0.05) is 23.9 Å². The summed E-state index contributed by atoms with van der Waals surface area (Å²) in [6.07, 6.45) is -5.57. The van der Waals surface area contributed by atoms with Crippen LogP contribution in [0.1, 0.15) is 0 Å². The zero-order valence-electron chi connectivity index (χ0n) is 12.2. The topological polar surface area (TPSA) is 48.7 Å². The summed E-state index contributed by atoms with van der Waals surface area (Å²) in [6.45, 7) is 0. The fraction of sp³-hybridized carbons (Fsp3) is 0.188. The van der Waals surface area contributed by atoms with Gasteiger partial charge in [-0.05, 0) is 18.2 Å². The van der Waals surface area contributed by atoms with E-state index in [2.05, 4.69) is 9.47 Å². The predicted octanol–water partition coefficient (Wildman–Crippen LogP) is 4.37. The molecular weight excluding hydrogens is 332 g/mol. The molecular formula is C16H10F4O4. The van der Waals surface area contributed by atoms with Crippen LogP contribution in [-0.4, -0.2) is 25.1 Å². The number of carbonyl (C=O) groups is 1. The quantitative estimate of drug-likeness (QED) is 0.403. The number of furan rings is 1. The van der Waals surface area contributed by atoms with E-state index < -0.39 is 18.0 Å². The van der Waals surface area contributed by atoms with Crippen LogP contribution < -0.4 is 4.74 Å². The summed E-state index contributed by atoms with van der Waals surface area (Å²) in [5, 5.41) is 1.47. The first-order valence-corrected chi connectivity index (χ1v) is 6.70. The molecule has 0 fully saturated rings. The van der Waals surface area contributed by atoms with Gasteiger partial charge in [-0.3, -0.25) is 0 Å². The van der Waals surface area contributed by atoms with E-state index in [1.807, 2.05) is 0 Å². The molecule has 24 heavy (non-hydrogen) atoms. The Bertz CT molecular complexity index is 915. The van der Waals surface area contributed by atoms with E-state index in [0.29, 0.717) is 18.1 Å². The van der Waals surface area contributed by atoms with Gasteiger partial charge in [0.25, 0.3) is 0 Å². The Kier molecular flexibility index (Phi) is 3.71. The largest absolute Gasteiger partial charge is 0.460 e. The van der Waals surface area contributed by atoms with Gasteiger partial charge in [0.2, 0.25) is 0 Å². The first-order valence-electron chi connectivity index (χ1n) is 6.70. The zero-order chi connectivity index (χ0) is 17.5. The van der Waals surface area contributed by atoms with Crippen molar-refractivity contribution < 1.29 is 36.2 Å². The number of ether oxygens (including phenoxy) is 2. The molecule has 8 heteroatoms. The summed E-state index contributed by atoms with van der Waals surface area (Å²) < 4.78 is 65.3. The second-order valence-electron chi connectivity index (χ2n) is 4.94. The van der Waals surface area contributed by atoms with Crippen LogP contribution in [0.15, 0.2) is 46.9 Å². The monoisotopic (exact) mass is 342 g/mol. The lowest BCUT2D eigenvalue weighted by atomic mass is 10.1. The lowest BCUT2D eigenvalue weighted by Crippen LogP contribution is -2.51. The molecule has 0 radical (unpaired) electrons. The van der Waals surface area contributed by atoms with E-state index in [4.69, 9.17) is 4.42 Å². The normalized spacial score (nSPS) is 14.7. The summed E-state index contributed by atoms with van der Waals surface area (Å²) in [5.41, 5.74) is 0.846. The standard InChI is InChI=1S/C16H10F4O4/c1-22-15(17,16(18,19)20)14(21)23-9-6-7-11-10-4-2-3-5-12(10)24-13(11)8-9/h2-8H,1H3/t15-/m1/s1. The average molecular weight is 342 g/mol. The van der Waals surface area contributed by atoms with Crippen LogP contribution in [0, 0.1) is 0 Å². The molecule has 0 amide bonds. The molecule has 1 atom stereocenters. The van der Waals surface area contributed by atoms with Crippen LogP contribution in [0.4, 0.5) is 17.6 Å². The van der Waals surface area contributed by atoms with Crippen molar-refractivity contribution in [2.45, 2.75) is 12.0 Å². The lowest BCUT2D eigenvalue weighted by molar-refractivity contribution is -0.313. The van der Waals surface area contributed by atoms with E-state index in [9.17, 15) is 22.4 Å². The Morgan fingerprint density at radius 2 is 1.67 bits per heavy atom. The molecule has 0 aliphatic heterocycles. The van der Waals surface area contributed by atoms with E-state index in [1.54, 1.807) is 24.3 Å². The molecule has 2 aromatic carbocycles. The number of esters is 1. The van der Waals surface area contributed by atoms with Gasteiger partial charge in [-0.15, -0.1) is 0 Å². The number of halogens is 4. The number of alkyl halides is 4. The number of methoxy groups -OCH3 is 1. The molecule has 0 unspecified atom stereocenters. The van der Waals surface area contributed by atoms with E-state index in [1.165, 1.54) is 18.2 Å². The highest BCUT2D eigenvalue weighted by atomic mass is 19.4. The molecule has 0 N–H and O–H groups in total. The van der Waals surface area contributed by atoms with Crippen LogP contribution in [0.3, 0.4) is 0 Å². The van der Waals surface area contributed by atoms with Crippen LogP contribution in [0.2, 0.25) is 0 Å². The van der Waals surface area contributed by atoms with Crippen molar-refractivity contribution in [3.8, 4) is 5.75 Å². The van der Waals surface area contributed by atoms with Crippen molar-refractivity contribution in [3.63, 3.8) is 0 Å². The highest BCUT2D eigenvalue weighted by Crippen LogP contribution is 2.37. The summed E-state index contributed by atoms with van der Waals surface area (Å²) in [4.78, 5) is 11.5. The fourth-order valence-electron chi connectivity index (χ4n) is 2.26. The third-order valence-corrected chi connectivity index (χ3v) is 3.47. The first-order chi connectivity index (χ1) is 11.3. The first kappa shape index (κ1) is 16.3. The third kappa shape index (κ3) is 2.48. The van der Waals surface area contributed by atoms with Crippen molar-refractivity contribution in [2.24, 2.45) is 0 Å². The maximum atomic E-state index is 13.7. The highest BCUT2D eigenvalue weighted by Gasteiger charge is 2.64. The second kappa shape index (κ2) is 5.48. The summed E-state index contributed by atoms with van der Waals surface area (Å²) in [7, 11) is 0.428. The minimum absolute atomic E-state index is 0.287. The van der Waals surface area contributed by atoms with Gasteiger partial charge in [-0.1, -0.05) is 18.2 Å². The highest BCUT2D eigenvalue weighted by molar-refractivity contribution is 6.05. The summed E-state index contributed by atoms with van der Waals surface area (Å²) >= 11 is 0. The van der Waals surface area contributed by atoms with Gasteiger partial charge in [0.05, 0.1) is 0 Å². The van der Waals surface area contributed by atoms with Crippen molar-refractivity contribution >= 4 is 27.9 Å². The Labute approximate surface area is 132 Å². The number of fused-ring (bicyclic) bond motifs is 3. The molecule has 3 rings (SSSR count). The maximum Gasteiger partial charge on any atom is 0.460 e. The van der Waals surface area contributed by atoms with Crippen molar-refractivity contribution in [1.82, 2.24) is 0 Å². The number of rotatable bonds is 3. The van der Waals surface area contributed by atoms with Crippen LogP contribution >= 0.6 is 0 Å². The van der Waals surface area contributed by atoms with E-state index in [-0.39, 0.29) is 11.3 Å². The Morgan fingerprint density at radius 1 is 1.00 bits per heavy atom. The number of para-hydroxylation sites is 1. The van der Waals surface area contributed by atoms with Gasteiger partial charge in [-0.25, -0.2) is 4.79 Å². The van der Waals surface area contributed by atoms with E-state index in [0.717, 1.165) is 5.39 Å². The third-order valence-electron chi connectivity index (χ3n) is 3.47. The zero-order valence-corrected chi connectivity index (χ0v) is 12.2. The second-order valence-corrected chi connectivity index (χ2v) is 4.94. The fourth-order valence-corrected chi connectivity index (χ4v) is 2.26. The maximum absolute atomic E-state index is 13.7. The SMILES string of the molecule is CO[C@](F)(C(=O)Oc1ccc2c(c1)oc1ccccc12)C(F)(F)F. The molecule has 0 bridgehead atoms. The van der Waals surface area contributed by atoms with Crippen LogP contribution in [-0.2, 0) is 9.53 Å². The lowest BCUT2D eigenvalue weighted by Gasteiger charge is -2.23. The van der Waals surface area contributed by atoms with Gasteiger partial charge in [-0.2, -0.15) is 17.6 Å². The number of benzene rings is 2. The molecule has 0 saturated carbocycles. The van der Waals surface area contributed by atoms with Gasteiger partial charge < -0.3 is 13.9 Å². The van der Waals surface area contributed by atoms with Crippen molar-refractivity contribution in [3.05, 3.63) is 42.5 Å². The van der Waals surface area contributed by atoms with E-state index >= 15 is 0 Å². The minimum atomic E-state index is -5.57. The molecule has 3 aromatic rings. The average Bonchev–Trinajstić information content (AvgIpc) is 2.90. The smallest absolute Gasteiger partial charge is 0.456 e. The molecule has 0 aliphatic rings. The van der Waals surface area contributed by atoms with Crippen LogP contribution in [0.5, 0.6) is 5.75 Å². The molecule has 0 saturated heterocycles. The summed E-state index contributed by atoms with van der Waals surface area (Å²) in [6, 6.07) is 11.0. The Balaban J connectivity index is 1.96. The molecule has 4 nitrogen and oxygen atoms in total. The Morgan fingerprint density at radius 3 is 2.33 bits per heavy atom. The summed E-state index contributed by atoms with van der Waals surface area (Å²) in [5.74, 6) is -7.06. The predicted molar refractivity (Wildman–Crippen MR) is 76.3 cm³/mol. The number of hydrogen-bond donors (Lipinski definition) is 0. The molecule has 126 valence electrons. The van der Waals surface area contributed by atoms with Gasteiger partial charge >= 0.3 is 18.0 Å². The van der Waals surface area contributed by atoms with Gasteiger partial charge in [0.1, 0.15) is 16.9 Å². The van der Waals surface area contributed by atoms with Gasteiger partial charge in [0.15, 0.2) is 0 Å². The minimum Gasteiger partial charge on any atom is -0.456 e. The molecule has 1 aromatic heterocycles. The molecule has 0 spiro atoms. The molecule has 0 aliphatic carbocycles. The van der Waals surface area contributed by atoms with Crippen LogP contribution in [0.25, 0.3) is 21.9 Å².